The molecule has 0 aliphatic heterocycles. The Morgan fingerprint density at radius 2 is 1.82 bits per heavy atom. The number of benzene rings is 1. The van der Waals surface area contributed by atoms with E-state index in [1.54, 1.807) is 18.3 Å². The van der Waals surface area contributed by atoms with Crippen LogP contribution in [0.3, 0.4) is 0 Å². The molecule has 1 N–H and O–H groups in total. The third-order valence-corrected chi connectivity index (χ3v) is 7.88. The Kier molecular flexibility index (Phi) is 6.33. The van der Waals surface area contributed by atoms with E-state index < -0.39 is 10.1 Å². The Morgan fingerprint density at radius 1 is 1.00 bits per heavy atom. The van der Waals surface area contributed by atoms with E-state index in [2.05, 4.69) is 56.3 Å². The summed E-state index contributed by atoms with van der Waals surface area (Å²) in [6.07, 6.45) is 9.80. The van der Waals surface area contributed by atoms with Crippen molar-refractivity contribution in [2.75, 3.05) is 11.6 Å². The van der Waals surface area contributed by atoms with Crippen molar-refractivity contribution in [2.24, 2.45) is 0 Å². The minimum absolute atomic E-state index is 0.243. The van der Waals surface area contributed by atoms with E-state index in [1.165, 1.54) is 18.4 Å². The second-order valence-electron chi connectivity index (χ2n) is 10.2. The van der Waals surface area contributed by atoms with Crippen LogP contribution in [0.25, 0.3) is 22.3 Å². The van der Waals surface area contributed by atoms with Crippen molar-refractivity contribution in [3.63, 3.8) is 0 Å². The van der Waals surface area contributed by atoms with Gasteiger partial charge in [0.2, 0.25) is 0 Å². The smallest absolute Gasteiger partial charge is 0.264 e. The molecule has 4 aromatic rings. The van der Waals surface area contributed by atoms with Gasteiger partial charge in [-0.25, -0.2) is 15.0 Å². The van der Waals surface area contributed by atoms with Crippen LogP contribution in [0.2, 0.25) is 0 Å². The second-order valence-corrected chi connectivity index (χ2v) is 11.8. The molecule has 2 fully saturated rings. The molecule has 3 heterocycles. The van der Waals surface area contributed by atoms with Crippen LogP contribution in [-0.2, 0) is 14.3 Å². The average molecular weight is 529 g/mol. The summed E-state index contributed by atoms with van der Waals surface area (Å²) in [5, 5.41) is 12.5. The first kappa shape index (κ1) is 24.5. The zero-order valence-electron chi connectivity index (χ0n) is 21.0. The van der Waals surface area contributed by atoms with Gasteiger partial charge in [0.05, 0.1) is 47.0 Å². The number of nitriles is 1. The number of pyridine rings is 2. The van der Waals surface area contributed by atoms with Gasteiger partial charge in [-0.05, 0) is 86.4 Å². The van der Waals surface area contributed by atoms with Crippen LogP contribution < -0.4 is 5.32 Å². The molecular weight excluding hydrogens is 500 g/mol. The van der Waals surface area contributed by atoms with Gasteiger partial charge in [0.15, 0.2) is 0 Å². The van der Waals surface area contributed by atoms with E-state index in [0.29, 0.717) is 36.0 Å². The molecule has 1 aromatic carbocycles. The Morgan fingerprint density at radius 3 is 2.55 bits per heavy atom. The van der Waals surface area contributed by atoms with Crippen LogP contribution in [0, 0.1) is 11.3 Å². The van der Waals surface area contributed by atoms with Crippen molar-refractivity contribution in [1.82, 2.24) is 19.5 Å². The van der Waals surface area contributed by atoms with E-state index in [0.717, 1.165) is 41.4 Å². The molecular formula is C28H28N6O3S. The molecule has 194 valence electrons. The summed E-state index contributed by atoms with van der Waals surface area (Å²) in [6, 6.07) is 16.3. The van der Waals surface area contributed by atoms with E-state index in [1.807, 2.05) is 6.33 Å². The minimum atomic E-state index is -3.44. The molecule has 0 bridgehead atoms. The van der Waals surface area contributed by atoms with Crippen LogP contribution in [0.4, 0.5) is 11.6 Å². The lowest BCUT2D eigenvalue weighted by Gasteiger charge is -2.28. The SMILES string of the molecule is CS(=O)(=O)O[C@H]1CC[C@H](n2cnc3cc(-c4cc(C5CC5)cc(Nc5cc(C#N)ccn5)n4)ccc32)CC1. The van der Waals surface area contributed by atoms with Gasteiger partial charge in [0, 0.05) is 17.8 Å². The monoisotopic (exact) mass is 528 g/mol. The number of hydrogen-bond donors (Lipinski definition) is 1. The molecule has 10 heteroatoms. The topological polar surface area (TPSA) is 123 Å². The highest BCUT2D eigenvalue weighted by molar-refractivity contribution is 7.86. The van der Waals surface area contributed by atoms with Crippen molar-refractivity contribution in [3.8, 4) is 17.3 Å². The first-order valence-corrected chi connectivity index (χ1v) is 14.7. The van der Waals surface area contributed by atoms with Crippen LogP contribution in [0.1, 0.15) is 61.6 Å². The van der Waals surface area contributed by atoms with Gasteiger partial charge < -0.3 is 9.88 Å². The number of imidazole rings is 1. The molecule has 2 saturated carbocycles. The molecule has 0 atom stereocenters. The van der Waals surface area contributed by atoms with Crippen LogP contribution in [0.5, 0.6) is 0 Å². The van der Waals surface area contributed by atoms with Gasteiger partial charge in [-0.2, -0.15) is 13.7 Å². The van der Waals surface area contributed by atoms with Gasteiger partial charge in [-0.15, -0.1) is 0 Å². The highest BCUT2D eigenvalue weighted by atomic mass is 32.2. The second kappa shape index (κ2) is 9.82. The maximum Gasteiger partial charge on any atom is 0.264 e. The van der Waals surface area contributed by atoms with Gasteiger partial charge >= 0.3 is 0 Å². The molecule has 9 nitrogen and oxygen atoms in total. The summed E-state index contributed by atoms with van der Waals surface area (Å²) in [5.74, 6) is 1.83. The van der Waals surface area contributed by atoms with E-state index in [4.69, 9.17) is 9.17 Å². The zero-order chi connectivity index (χ0) is 26.3. The number of nitrogens with zero attached hydrogens (tertiary/aromatic N) is 5. The molecule has 0 radical (unpaired) electrons. The summed E-state index contributed by atoms with van der Waals surface area (Å²) >= 11 is 0. The summed E-state index contributed by atoms with van der Waals surface area (Å²) in [7, 11) is -3.44. The van der Waals surface area contributed by atoms with Crippen LogP contribution in [-0.4, -0.2) is 40.3 Å². The third kappa shape index (κ3) is 5.39. The fourth-order valence-electron chi connectivity index (χ4n) is 5.26. The Bertz CT molecular complexity index is 1650. The summed E-state index contributed by atoms with van der Waals surface area (Å²) in [6.45, 7) is 0. The van der Waals surface area contributed by atoms with E-state index in [-0.39, 0.29) is 12.1 Å². The number of anilines is 2. The lowest BCUT2D eigenvalue weighted by molar-refractivity contribution is 0.141. The first-order chi connectivity index (χ1) is 18.3. The van der Waals surface area contributed by atoms with Crippen molar-refractivity contribution in [1.29, 1.82) is 5.26 Å². The normalized spacial score (nSPS) is 19.8. The van der Waals surface area contributed by atoms with E-state index in [9.17, 15) is 13.7 Å². The van der Waals surface area contributed by atoms with Crippen molar-refractivity contribution in [3.05, 3.63) is 66.1 Å². The number of hydrogen-bond acceptors (Lipinski definition) is 8. The lowest BCUT2D eigenvalue weighted by atomic mass is 9.93. The Hall–Kier alpha value is -3.81. The van der Waals surface area contributed by atoms with Gasteiger partial charge in [0.25, 0.3) is 10.1 Å². The summed E-state index contributed by atoms with van der Waals surface area (Å²) in [5.41, 5.74) is 5.58. The van der Waals surface area contributed by atoms with Gasteiger partial charge in [-0.3, -0.25) is 4.18 Å². The summed E-state index contributed by atoms with van der Waals surface area (Å²) < 4.78 is 30.3. The standard InChI is InChI=1S/C28H28N6O3S/c1-38(35,36)37-23-7-5-22(6-8-23)34-17-31-25-13-20(4-9-26(25)34)24-14-21(19-2-3-19)15-28(32-24)33-27-12-18(16-29)10-11-30-27/h4,9-15,17,19,22-23H,2-3,5-8H2,1H3,(H,30,32,33)/t22-,23-. The van der Waals surface area contributed by atoms with Gasteiger partial charge in [0.1, 0.15) is 11.6 Å². The Balaban J connectivity index is 1.26. The van der Waals surface area contributed by atoms with Crippen LogP contribution in [0.15, 0.2) is 55.0 Å². The Labute approximate surface area is 221 Å². The molecule has 0 unspecified atom stereocenters. The predicted octanol–water partition coefficient (Wildman–Crippen LogP) is 5.45. The number of nitrogens with one attached hydrogen (secondary N) is 1. The fraction of sp³-hybridized carbons (Fsp3) is 0.357. The lowest BCUT2D eigenvalue weighted by Crippen LogP contribution is -2.25. The average Bonchev–Trinajstić information content (AvgIpc) is 3.67. The third-order valence-electron chi connectivity index (χ3n) is 7.26. The molecule has 0 saturated heterocycles. The van der Waals surface area contributed by atoms with E-state index >= 15 is 0 Å². The molecule has 0 spiro atoms. The maximum absolute atomic E-state index is 11.5. The number of aromatic nitrogens is 4. The van der Waals surface area contributed by atoms with Crippen LogP contribution >= 0.6 is 0 Å². The fourth-order valence-corrected chi connectivity index (χ4v) is 5.95. The number of rotatable bonds is 7. The molecule has 3 aromatic heterocycles. The van der Waals surface area contributed by atoms with Crippen molar-refractivity contribution < 1.29 is 12.6 Å². The van der Waals surface area contributed by atoms with Crippen molar-refractivity contribution >= 4 is 32.8 Å². The molecule has 6 rings (SSSR count). The highest BCUT2D eigenvalue weighted by Gasteiger charge is 2.27. The maximum atomic E-state index is 11.5. The summed E-state index contributed by atoms with van der Waals surface area (Å²) in [4.78, 5) is 13.9. The highest BCUT2D eigenvalue weighted by Crippen LogP contribution is 2.42. The zero-order valence-corrected chi connectivity index (χ0v) is 21.9. The quantitative estimate of drug-likeness (QED) is 0.314. The number of fused-ring (bicyclic) bond motifs is 1. The van der Waals surface area contributed by atoms with Crippen molar-refractivity contribution in [2.45, 2.75) is 56.6 Å². The molecule has 2 aliphatic carbocycles. The predicted molar refractivity (Wildman–Crippen MR) is 144 cm³/mol. The van der Waals surface area contributed by atoms with Gasteiger partial charge in [-0.1, -0.05) is 6.07 Å². The molecule has 2 aliphatic rings. The largest absolute Gasteiger partial charge is 0.327 e. The molecule has 38 heavy (non-hydrogen) atoms. The minimum Gasteiger partial charge on any atom is -0.327 e. The molecule has 0 amide bonds. The first-order valence-electron chi connectivity index (χ1n) is 12.8.